The molecule has 0 bridgehead atoms. The van der Waals surface area contributed by atoms with Crippen molar-refractivity contribution in [2.24, 2.45) is 7.05 Å². The normalized spacial score (nSPS) is 11.3. The van der Waals surface area contributed by atoms with Crippen molar-refractivity contribution in [3.05, 3.63) is 42.2 Å². The SMILES string of the molecule is CCCCc1cn2c(-c3cnn(C)c3)cnc2c(Nc2cc(C)ns2)n1. The summed E-state index contributed by atoms with van der Waals surface area (Å²) in [4.78, 5) is 9.43. The number of hydrogen-bond donors (Lipinski definition) is 1. The van der Waals surface area contributed by atoms with Crippen LogP contribution in [0.4, 0.5) is 10.8 Å². The molecule has 4 aromatic heterocycles. The average molecular weight is 367 g/mol. The van der Waals surface area contributed by atoms with Crippen LogP contribution in [0.3, 0.4) is 0 Å². The van der Waals surface area contributed by atoms with E-state index >= 15 is 0 Å². The molecule has 0 aliphatic carbocycles. The summed E-state index contributed by atoms with van der Waals surface area (Å²) >= 11 is 1.43. The Morgan fingerprint density at radius 3 is 2.81 bits per heavy atom. The second-order valence-corrected chi connectivity index (χ2v) is 7.19. The van der Waals surface area contributed by atoms with E-state index in [1.54, 1.807) is 4.68 Å². The molecule has 1 N–H and O–H groups in total. The number of aryl methyl sites for hydroxylation is 3. The maximum Gasteiger partial charge on any atom is 0.180 e. The first-order valence-electron chi connectivity index (χ1n) is 8.70. The van der Waals surface area contributed by atoms with Crippen LogP contribution in [0.25, 0.3) is 16.9 Å². The first-order chi connectivity index (χ1) is 12.6. The summed E-state index contributed by atoms with van der Waals surface area (Å²) in [6, 6.07) is 2.02. The van der Waals surface area contributed by atoms with Crippen LogP contribution < -0.4 is 5.32 Å². The Hall–Kier alpha value is -2.74. The number of nitrogens with one attached hydrogen (secondary N) is 1. The van der Waals surface area contributed by atoms with E-state index in [1.165, 1.54) is 11.5 Å². The van der Waals surface area contributed by atoms with Gasteiger partial charge in [0.25, 0.3) is 0 Å². The molecule has 0 saturated carbocycles. The van der Waals surface area contributed by atoms with Gasteiger partial charge in [-0.25, -0.2) is 9.97 Å². The predicted molar refractivity (Wildman–Crippen MR) is 104 cm³/mol. The molecule has 0 aliphatic rings. The van der Waals surface area contributed by atoms with E-state index in [2.05, 4.69) is 37.3 Å². The molecule has 134 valence electrons. The van der Waals surface area contributed by atoms with Crippen molar-refractivity contribution in [3.8, 4) is 11.3 Å². The standard InChI is InChI=1S/C18H21N7S/c1-4-5-6-14-11-25-15(13-8-20-24(3)10-13)9-19-18(25)17(21-14)22-16-7-12(2)23-26-16/h7-11H,4-6H2,1-3H3,(H,21,22). The number of imidazole rings is 1. The van der Waals surface area contributed by atoms with Crippen molar-refractivity contribution < 1.29 is 0 Å². The van der Waals surface area contributed by atoms with Gasteiger partial charge in [-0.3, -0.25) is 9.08 Å². The van der Waals surface area contributed by atoms with Crippen molar-refractivity contribution >= 4 is 28.0 Å². The highest BCUT2D eigenvalue weighted by Crippen LogP contribution is 2.27. The lowest BCUT2D eigenvalue weighted by Gasteiger charge is -2.09. The highest BCUT2D eigenvalue weighted by atomic mass is 32.1. The fourth-order valence-corrected chi connectivity index (χ4v) is 3.57. The highest BCUT2D eigenvalue weighted by Gasteiger charge is 2.14. The first-order valence-corrected chi connectivity index (χ1v) is 9.47. The summed E-state index contributed by atoms with van der Waals surface area (Å²) in [6.07, 6.45) is 11.0. The van der Waals surface area contributed by atoms with Gasteiger partial charge in [-0.05, 0) is 37.4 Å². The number of unbranched alkanes of at least 4 members (excludes halogenated alkanes) is 1. The molecule has 0 amide bonds. The fraction of sp³-hybridized carbons (Fsp3) is 0.333. The van der Waals surface area contributed by atoms with Gasteiger partial charge in [0, 0.05) is 25.0 Å². The molecule has 0 unspecified atom stereocenters. The predicted octanol–water partition coefficient (Wildman–Crippen LogP) is 3.98. The minimum atomic E-state index is 0.761. The van der Waals surface area contributed by atoms with Gasteiger partial charge in [0.2, 0.25) is 0 Å². The Balaban J connectivity index is 1.82. The molecule has 0 fully saturated rings. The van der Waals surface area contributed by atoms with Gasteiger partial charge >= 0.3 is 0 Å². The molecule has 4 aromatic rings. The molecule has 4 heterocycles. The molecule has 7 nitrogen and oxygen atoms in total. The summed E-state index contributed by atoms with van der Waals surface area (Å²) in [5.41, 5.74) is 4.89. The van der Waals surface area contributed by atoms with E-state index in [0.717, 1.165) is 58.4 Å². The van der Waals surface area contributed by atoms with Crippen LogP contribution in [-0.4, -0.2) is 28.5 Å². The van der Waals surface area contributed by atoms with Gasteiger partial charge in [0.1, 0.15) is 5.00 Å². The second kappa shape index (κ2) is 6.87. The van der Waals surface area contributed by atoms with E-state index in [9.17, 15) is 0 Å². The van der Waals surface area contributed by atoms with Gasteiger partial charge in [-0.15, -0.1) is 0 Å². The van der Waals surface area contributed by atoms with E-state index in [0.29, 0.717) is 0 Å². The molecule has 4 rings (SSSR count). The Morgan fingerprint density at radius 2 is 2.12 bits per heavy atom. The van der Waals surface area contributed by atoms with Crippen molar-refractivity contribution in [3.63, 3.8) is 0 Å². The lowest BCUT2D eigenvalue weighted by Crippen LogP contribution is -2.02. The topological polar surface area (TPSA) is 72.9 Å². The van der Waals surface area contributed by atoms with Crippen LogP contribution in [-0.2, 0) is 13.5 Å². The van der Waals surface area contributed by atoms with E-state index in [1.807, 2.05) is 38.6 Å². The van der Waals surface area contributed by atoms with Crippen molar-refractivity contribution in [1.82, 2.24) is 28.5 Å². The second-order valence-electron chi connectivity index (χ2n) is 6.38. The van der Waals surface area contributed by atoms with Gasteiger partial charge in [0.05, 0.1) is 29.5 Å². The molecular weight excluding hydrogens is 346 g/mol. The van der Waals surface area contributed by atoms with Gasteiger partial charge in [-0.1, -0.05) is 13.3 Å². The number of aromatic nitrogens is 6. The molecule has 0 aromatic carbocycles. The summed E-state index contributed by atoms with van der Waals surface area (Å²) in [5, 5.41) is 8.65. The largest absolute Gasteiger partial charge is 0.328 e. The number of fused-ring (bicyclic) bond motifs is 1. The molecule has 0 radical (unpaired) electrons. The van der Waals surface area contributed by atoms with E-state index < -0.39 is 0 Å². The lowest BCUT2D eigenvalue weighted by atomic mass is 10.2. The van der Waals surface area contributed by atoms with Crippen LogP contribution >= 0.6 is 11.5 Å². The number of anilines is 2. The van der Waals surface area contributed by atoms with Gasteiger partial charge in [-0.2, -0.15) is 9.47 Å². The summed E-state index contributed by atoms with van der Waals surface area (Å²) in [7, 11) is 1.92. The third-order valence-corrected chi connectivity index (χ3v) is 4.99. The summed E-state index contributed by atoms with van der Waals surface area (Å²) < 4.78 is 8.23. The minimum Gasteiger partial charge on any atom is -0.328 e. The Labute approximate surface area is 155 Å². The van der Waals surface area contributed by atoms with Crippen molar-refractivity contribution in [2.45, 2.75) is 33.1 Å². The van der Waals surface area contributed by atoms with Crippen LogP contribution in [0.1, 0.15) is 31.2 Å². The Bertz CT molecular complexity index is 1040. The zero-order chi connectivity index (χ0) is 18.1. The Kier molecular flexibility index (Phi) is 4.42. The van der Waals surface area contributed by atoms with E-state index in [-0.39, 0.29) is 0 Å². The van der Waals surface area contributed by atoms with Crippen LogP contribution in [0.15, 0.2) is 30.9 Å². The highest BCUT2D eigenvalue weighted by molar-refractivity contribution is 7.10. The van der Waals surface area contributed by atoms with Crippen LogP contribution in [0.2, 0.25) is 0 Å². The smallest absolute Gasteiger partial charge is 0.180 e. The summed E-state index contributed by atoms with van der Waals surface area (Å²) in [6.45, 7) is 4.18. The minimum absolute atomic E-state index is 0.761. The van der Waals surface area contributed by atoms with Gasteiger partial charge < -0.3 is 5.32 Å². The average Bonchev–Trinajstić information content (AvgIpc) is 3.33. The fourth-order valence-electron chi connectivity index (χ4n) is 2.91. The maximum absolute atomic E-state index is 4.82. The molecule has 0 atom stereocenters. The number of hydrogen-bond acceptors (Lipinski definition) is 6. The third kappa shape index (κ3) is 3.20. The molecule has 26 heavy (non-hydrogen) atoms. The molecule has 0 spiro atoms. The number of nitrogens with zero attached hydrogens (tertiary/aromatic N) is 6. The monoisotopic (exact) mass is 367 g/mol. The van der Waals surface area contributed by atoms with Crippen molar-refractivity contribution in [2.75, 3.05) is 5.32 Å². The van der Waals surface area contributed by atoms with Gasteiger partial charge in [0.15, 0.2) is 11.5 Å². The van der Waals surface area contributed by atoms with Crippen molar-refractivity contribution in [1.29, 1.82) is 0 Å². The third-order valence-electron chi connectivity index (χ3n) is 4.20. The molecule has 0 aliphatic heterocycles. The van der Waals surface area contributed by atoms with Crippen LogP contribution in [0.5, 0.6) is 0 Å². The zero-order valence-electron chi connectivity index (χ0n) is 15.1. The van der Waals surface area contributed by atoms with Crippen LogP contribution in [0, 0.1) is 6.92 Å². The Morgan fingerprint density at radius 1 is 1.23 bits per heavy atom. The molecule has 8 heteroatoms. The molecule has 0 saturated heterocycles. The lowest BCUT2D eigenvalue weighted by molar-refractivity contribution is 0.767. The molecular formula is C18H21N7S. The zero-order valence-corrected chi connectivity index (χ0v) is 15.9. The first kappa shape index (κ1) is 16.7. The maximum atomic E-state index is 4.82. The number of rotatable bonds is 6. The summed E-state index contributed by atoms with van der Waals surface area (Å²) in [5.74, 6) is 0.761. The quantitative estimate of drug-likeness (QED) is 0.558. The van der Waals surface area contributed by atoms with E-state index in [4.69, 9.17) is 4.98 Å².